The summed E-state index contributed by atoms with van der Waals surface area (Å²) >= 11 is 0. The molecule has 0 atom stereocenters. The molecule has 0 saturated carbocycles. The van der Waals surface area contributed by atoms with Crippen LogP contribution in [0.3, 0.4) is 0 Å². The van der Waals surface area contributed by atoms with Crippen LogP contribution in [0.25, 0.3) is 0 Å². The van der Waals surface area contributed by atoms with Gasteiger partial charge in [0, 0.05) is 0 Å². The Morgan fingerprint density at radius 1 is 0.938 bits per heavy atom. The van der Waals surface area contributed by atoms with Gasteiger partial charge in [0.15, 0.2) is 0 Å². The van der Waals surface area contributed by atoms with Crippen molar-refractivity contribution in [1.82, 2.24) is 0 Å². The number of benzene rings is 1. The predicted molar refractivity (Wildman–Crippen MR) is 77.2 cm³/mol. The van der Waals surface area contributed by atoms with E-state index in [1.807, 2.05) is 58.0 Å². The third-order valence-electron chi connectivity index (χ3n) is 2.02. The molecular formula is C15H27B. The second kappa shape index (κ2) is 10.8. The Morgan fingerprint density at radius 2 is 1.31 bits per heavy atom. The highest BCUT2D eigenvalue weighted by Gasteiger charge is 2.10. The molecular weight excluding hydrogens is 191 g/mol. The lowest BCUT2D eigenvalue weighted by molar-refractivity contribution is 0.764. The summed E-state index contributed by atoms with van der Waals surface area (Å²) in [5.74, 6) is 0. The van der Waals surface area contributed by atoms with Crippen LogP contribution in [0.5, 0.6) is 0 Å². The van der Waals surface area contributed by atoms with Crippen LogP contribution in [0.1, 0.15) is 59.9 Å². The Bertz CT molecular complexity index is 219. The molecule has 0 saturated heterocycles. The van der Waals surface area contributed by atoms with Gasteiger partial charge in [-0.15, -0.1) is 0 Å². The van der Waals surface area contributed by atoms with Gasteiger partial charge in [0.05, 0.1) is 7.85 Å². The van der Waals surface area contributed by atoms with E-state index in [-0.39, 0.29) is 5.31 Å². The number of hydrogen-bond donors (Lipinski definition) is 0. The van der Waals surface area contributed by atoms with Crippen LogP contribution in [-0.4, -0.2) is 7.85 Å². The van der Waals surface area contributed by atoms with Gasteiger partial charge in [-0.25, -0.2) is 0 Å². The monoisotopic (exact) mass is 218 g/mol. The number of rotatable bonds is 2. The number of unbranched alkanes of at least 4 members (excludes halogenated alkanes) is 1. The topological polar surface area (TPSA) is 0 Å². The smallest absolute Gasteiger partial charge is 0.0683 e. The Kier molecular flexibility index (Phi) is 11.9. The molecule has 1 heteroatoms. The molecule has 0 unspecified atom stereocenters. The Morgan fingerprint density at radius 3 is 1.50 bits per heavy atom. The van der Waals surface area contributed by atoms with E-state index < -0.39 is 0 Å². The molecule has 0 aliphatic heterocycles. The summed E-state index contributed by atoms with van der Waals surface area (Å²) in [6, 6.07) is 10.1. The lowest BCUT2D eigenvalue weighted by Crippen LogP contribution is -2.15. The highest BCUT2D eigenvalue weighted by molar-refractivity contribution is 6.15. The van der Waals surface area contributed by atoms with Crippen molar-refractivity contribution < 1.29 is 0 Å². The SMILES string of the molecule is CC.CCCC.[B]C(C)(C)c1ccccc1. The zero-order chi connectivity index (χ0) is 13.0. The van der Waals surface area contributed by atoms with Crippen molar-refractivity contribution in [2.75, 3.05) is 0 Å². The molecule has 0 bridgehead atoms. The standard InChI is InChI=1S/C9H11B.C4H10.C2H6/c1-9(2,10)8-6-4-3-5-7-8;1-3-4-2;1-2/h3-7H,1-2H3;3-4H2,1-2H3;1-2H3. The molecule has 1 rings (SSSR count). The minimum atomic E-state index is -0.207. The maximum atomic E-state index is 5.86. The van der Waals surface area contributed by atoms with Crippen LogP contribution in [0, 0.1) is 0 Å². The van der Waals surface area contributed by atoms with E-state index in [0.717, 1.165) is 0 Å². The van der Waals surface area contributed by atoms with Crippen molar-refractivity contribution >= 4 is 7.85 Å². The summed E-state index contributed by atoms with van der Waals surface area (Å²) in [6.45, 7) is 12.4. The minimum absolute atomic E-state index is 0.207. The van der Waals surface area contributed by atoms with E-state index in [1.165, 1.54) is 18.4 Å². The van der Waals surface area contributed by atoms with E-state index in [2.05, 4.69) is 13.8 Å². The summed E-state index contributed by atoms with van der Waals surface area (Å²) in [5.41, 5.74) is 1.18. The van der Waals surface area contributed by atoms with Crippen LogP contribution in [0.15, 0.2) is 30.3 Å². The van der Waals surface area contributed by atoms with Gasteiger partial charge in [0.2, 0.25) is 0 Å². The molecule has 0 amide bonds. The zero-order valence-corrected chi connectivity index (χ0v) is 11.9. The van der Waals surface area contributed by atoms with Gasteiger partial charge in [0.1, 0.15) is 0 Å². The number of hydrogen-bond acceptors (Lipinski definition) is 0. The van der Waals surface area contributed by atoms with Crippen molar-refractivity contribution in [2.24, 2.45) is 0 Å². The second-order valence-electron chi connectivity index (χ2n) is 4.09. The molecule has 0 heterocycles. The first-order valence-corrected chi connectivity index (χ1v) is 6.36. The lowest BCUT2D eigenvalue weighted by Gasteiger charge is -2.18. The van der Waals surface area contributed by atoms with Crippen molar-refractivity contribution in [3.05, 3.63) is 35.9 Å². The fourth-order valence-corrected chi connectivity index (χ4v) is 0.868. The first-order chi connectivity index (χ1) is 7.52. The summed E-state index contributed by atoms with van der Waals surface area (Å²) in [6.07, 6.45) is 2.64. The van der Waals surface area contributed by atoms with Gasteiger partial charge in [-0.2, -0.15) is 0 Å². The predicted octanol–water partition coefficient (Wildman–Crippen LogP) is 4.92. The van der Waals surface area contributed by atoms with Gasteiger partial charge in [-0.3, -0.25) is 0 Å². The van der Waals surface area contributed by atoms with E-state index in [4.69, 9.17) is 7.85 Å². The Hall–Kier alpha value is -0.715. The third-order valence-corrected chi connectivity index (χ3v) is 2.02. The minimum Gasteiger partial charge on any atom is -0.0683 e. The van der Waals surface area contributed by atoms with E-state index in [9.17, 15) is 0 Å². The molecule has 0 N–H and O–H groups in total. The molecule has 1 aromatic rings. The molecule has 0 spiro atoms. The summed E-state index contributed by atoms with van der Waals surface area (Å²) < 4.78 is 0. The average Bonchev–Trinajstić information content (AvgIpc) is 2.32. The summed E-state index contributed by atoms with van der Waals surface area (Å²) in [5, 5.41) is -0.207. The first-order valence-electron chi connectivity index (χ1n) is 6.36. The largest absolute Gasteiger partial charge is 0.0802 e. The lowest BCUT2D eigenvalue weighted by atomic mass is 9.67. The summed E-state index contributed by atoms with van der Waals surface area (Å²) in [4.78, 5) is 0. The Labute approximate surface area is 104 Å². The third kappa shape index (κ3) is 9.83. The van der Waals surface area contributed by atoms with Crippen molar-refractivity contribution in [2.45, 2.75) is 59.7 Å². The second-order valence-corrected chi connectivity index (χ2v) is 4.09. The quantitative estimate of drug-likeness (QED) is 0.618. The zero-order valence-electron chi connectivity index (χ0n) is 11.9. The normalized spacial score (nSPS) is 9.38. The summed E-state index contributed by atoms with van der Waals surface area (Å²) in [7, 11) is 5.86. The maximum absolute atomic E-state index is 5.86. The first kappa shape index (κ1) is 17.7. The molecule has 1 aromatic carbocycles. The maximum Gasteiger partial charge on any atom is 0.0802 e. The van der Waals surface area contributed by atoms with Crippen LogP contribution >= 0.6 is 0 Å². The van der Waals surface area contributed by atoms with Crippen LogP contribution in [-0.2, 0) is 5.31 Å². The molecule has 2 radical (unpaired) electrons. The van der Waals surface area contributed by atoms with Gasteiger partial charge in [-0.1, -0.05) is 90.3 Å². The highest BCUT2D eigenvalue weighted by Crippen LogP contribution is 2.17. The molecule has 0 aromatic heterocycles. The van der Waals surface area contributed by atoms with Crippen molar-refractivity contribution in [3.63, 3.8) is 0 Å². The van der Waals surface area contributed by atoms with Gasteiger partial charge < -0.3 is 0 Å². The highest BCUT2D eigenvalue weighted by atomic mass is 14.1. The van der Waals surface area contributed by atoms with Crippen molar-refractivity contribution in [1.29, 1.82) is 0 Å². The molecule has 0 aliphatic rings. The van der Waals surface area contributed by atoms with Gasteiger partial charge in [-0.05, 0) is 5.31 Å². The average molecular weight is 218 g/mol. The molecule has 0 fully saturated rings. The van der Waals surface area contributed by atoms with Gasteiger partial charge in [0.25, 0.3) is 0 Å². The molecule has 0 nitrogen and oxygen atoms in total. The van der Waals surface area contributed by atoms with E-state index in [1.54, 1.807) is 0 Å². The fourth-order valence-electron chi connectivity index (χ4n) is 0.868. The molecule has 90 valence electrons. The van der Waals surface area contributed by atoms with Gasteiger partial charge >= 0.3 is 0 Å². The van der Waals surface area contributed by atoms with E-state index in [0.29, 0.717) is 0 Å². The molecule has 16 heavy (non-hydrogen) atoms. The van der Waals surface area contributed by atoms with Crippen molar-refractivity contribution in [3.8, 4) is 0 Å². The molecule has 0 aliphatic carbocycles. The van der Waals surface area contributed by atoms with Crippen LogP contribution in [0.2, 0.25) is 0 Å². The fraction of sp³-hybridized carbons (Fsp3) is 0.600. The van der Waals surface area contributed by atoms with Crippen LogP contribution < -0.4 is 0 Å². The van der Waals surface area contributed by atoms with Crippen LogP contribution in [0.4, 0.5) is 0 Å². The Balaban J connectivity index is 0. The van der Waals surface area contributed by atoms with E-state index >= 15 is 0 Å².